The van der Waals surface area contributed by atoms with Crippen LogP contribution in [0, 0.1) is 5.92 Å². The van der Waals surface area contributed by atoms with Crippen molar-refractivity contribution < 1.29 is 14.4 Å². The van der Waals surface area contributed by atoms with E-state index < -0.39 is 5.91 Å². The molecule has 2 rings (SSSR count). The van der Waals surface area contributed by atoms with Gasteiger partial charge >= 0.3 is 0 Å². The molecule has 0 aliphatic heterocycles. The fourth-order valence-corrected chi connectivity index (χ4v) is 2.78. The van der Waals surface area contributed by atoms with Crippen molar-refractivity contribution in [2.75, 3.05) is 0 Å². The van der Waals surface area contributed by atoms with Crippen molar-refractivity contribution in [2.24, 2.45) is 5.92 Å². The van der Waals surface area contributed by atoms with Gasteiger partial charge in [-0.15, -0.1) is 0 Å². The predicted molar refractivity (Wildman–Crippen MR) is 89.5 cm³/mol. The molecular formula is C19H23NO3. The van der Waals surface area contributed by atoms with Crippen LogP contribution in [0.5, 0.6) is 0 Å². The molecule has 1 saturated carbocycles. The van der Waals surface area contributed by atoms with Gasteiger partial charge in [-0.3, -0.25) is 14.4 Å². The summed E-state index contributed by atoms with van der Waals surface area (Å²) in [6, 6.07) is 0. The topological polar surface area (TPSA) is 63.2 Å². The van der Waals surface area contributed by atoms with Gasteiger partial charge in [0.1, 0.15) is 0 Å². The van der Waals surface area contributed by atoms with Crippen molar-refractivity contribution in [2.45, 2.75) is 44.9 Å². The fraction of sp³-hybridized carbons (Fsp3) is 0.421. The molecule has 1 N–H and O–H groups in total. The summed E-state index contributed by atoms with van der Waals surface area (Å²) in [5.41, 5.74) is 0.0945. The van der Waals surface area contributed by atoms with Crippen LogP contribution in [-0.4, -0.2) is 17.5 Å². The van der Waals surface area contributed by atoms with Gasteiger partial charge in [0.25, 0.3) is 0 Å². The van der Waals surface area contributed by atoms with Crippen molar-refractivity contribution in [1.82, 2.24) is 5.32 Å². The highest BCUT2D eigenvalue weighted by atomic mass is 16.2. The second-order valence-corrected chi connectivity index (χ2v) is 5.96. The van der Waals surface area contributed by atoms with Crippen LogP contribution in [0.3, 0.4) is 0 Å². The van der Waals surface area contributed by atoms with Crippen LogP contribution in [0.2, 0.25) is 0 Å². The van der Waals surface area contributed by atoms with E-state index in [-0.39, 0.29) is 30.1 Å². The van der Waals surface area contributed by atoms with Gasteiger partial charge in [-0.25, -0.2) is 0 Å². The first-order valence-corrected chi connectivity index (χ1v) is 8.25. The minimum atomic E-state index is -0.403. The summed E-state index contributed by atoms with van der Waals surface area (Å²) in [5, 5.41) is 2.45. The Morgan fingerprint density at radius 3 is 2.52 bits per heavy atom. The smallest absolute Gasteiger partial charge is 0.248 e. The van der Waals surface area contributed by atoms with E-state index in [9.17, 15) is 14.4 Å². The summed E-state index contributed by atoms with van der Waals surface area (Å²) in [6.45, 7) is 0. The fourth-order valence-electron chi connectivity index (χ4n) is 2.78. The Bertz CT molecular complexity index is 575. The molecule has 0 aromatic heterocycles. The molecule has 0 aromatic carbocycles. The first kappa shape index (κ1) is 17.1. The van der Waals surface area contributed by atoms with Crippen molar-refractivity contribution >= 4 is 17.5 Å². The lowest BCUT2D eigenvalue weighted by molar-refractivity contribution is -0.123. The van der Waals surface area contributed by atoms with Gasteiger partial charge in [0.15, 0.2) is 11.6 Å². The number of ketones is 2. The maximum absolute atomic E-state index is 11.7. The number of Topliss-reactive ketones (excluding diaryl/α,β-unsaturated/α-hetero) is 1. The van der Waals surface area contributed by atoms with Gasteiger partial charge in [0, 0.05) is 25.0 Å². The molecular weight excluding hydrogens is 290 g/mol. The van der Waals surface area contributed by atoms with E-state index in [2.05, 4.69) is 11.4 Å². The summed E-state index contributed by atoms with van der Waals surface area (Å²) >= 11 is 0. The van der Waals surface area contributed by atoms with Crippen molar-refractivity contribution in [3.8, 4) is 0 Å². The Morgan fingerprint density at radius 1 is 1.00 bits per heavy atom. The average molecular weight is 313 g/mol. The normalized spacial score (nSPS) is 20.6. The number of allylic oxidation sites excluding steroid dienone is 7. The van der Waals surface area contributed by atoms with Crippen molar-refractivity contribution in [3.05, 3.63) is 48.2 Å². The molecule has 122 valence electrons. The number of hydrogen-bond acceptors (Lipinski definition) is 3. The first-order valence-electron chi connectivity index (χ1n) is 8.25. The predicted octanol–water partition coefficient (Wildman–Crippen LogP) is 3.17. The Morgan fingerprint density at radius 2 is 1.74 bits per heavy atom. The summed E-state index contributed by atoms with van der Waals surface area (Å²) in [4.78, 5) is 34.5. The molecule has 1 fully saturated rings. The highest BCUT2D eigenvalue weighted by molar-refractivity contribution is 6.10. The zero-order valence-corrected chi connectivity index (χ0v) is 13.3. The van der Waals surface area contributed by atoms with Gasteiger partial charge in [-0.2, -0.15) is 0 Å². The molecule has 0 bridgehead atoms. The summed E-state index contributed by atoms with van der Waals surface area (Å²) in [6.07, 6.45) is 19.0. The highest BCUT2D eigenvalue weighted by Gasteiger charge is 2.19. The number of hydrogen-bond donors (Lipinski definition) is 1. The molecule has 0 saturated heterocycles. The standard InChI is InChI=1S/C19H23NO3/c21-16-12-13-18(22)17(14-16)20-19(23)11-7-2-1-4-8-15-9-5-3-6-10-15/h1-2,4,7-8,11,14-15H,3,5-6,9-10,12-13H2,(H,20,23)/b2-1+,8-4+,11-7+. The van der Waals surface area contributed by atoms with Crippen LogP contribution in [0.15, 0.2) is 48.2 Å². The van der Waals surface area contributed by atoms with E-state index in [0.29, 0.717) is 5.92 Å². The van der Waals surface area contributed by atoms with E-state index in [0.717, 1.165) is 0 Å². The van der Waals surface area contributed by atoms with E-state index in [4.69, 9.17) is 0 Å². The van der Waals surface area contributed by atoms with Crippen LogP contribution < -0.4 is 5.32 Å². The summed E-state index contributed by atoms with van der Waals surface area (Å²) < 4.78 is 0. The second-order valence-electron chi connectivity index (χ2n) is 5.96. The number of rotatable bonds is 5. The third-order valence-corrected chi connectivity index (χ3v) is 4.08. The largest absolute Gasteiger partial charge is 0.319 e. The van der Waals surface area contributed by atoms with Crippen LogP contribution in [0.25, 0.3) is 0 Å². The maximum atomic E-state index is 11.7. The Kier molecular flexibility index (Phi) is 6.73. The monoisotopic (exact) mass is 313 g/mol. The quantitative estimate of drug-likeness (QED) is 0.626. The van der Waals surface area contributed by atoms with Crippen LogP contribution >= 0.6 is 0 Å². The van der Waals surface area contributed by atoms with Crippen molar-refractivity contribution in [1.29, 1.82) is 0 Å². The average Bonchev–Trinajstić information content (AvgIpc) is 2.55. The molecule has 0 radical (unpaired) electrons. The SMILES string of the molecule is O=C1C=C(NC(=O)/C=C/C=C/C=C/C2CCCCC2)C(=O)CC1. The Balaban J connectivity index is 1.75. The maximum Gasteiger partial charge on any atom is 0.248 e. The lowest BCUT2D eigenvalue weighted by Crippen LogP contribution is -2.29. The Hall–Kier alpha value is -2.23. The zero-order valence-electron chi connectivity index (χ0n) is 13.3. The number of nitrogens with one attached hydrogen (secondary N) is 1. The molecule has 4 heteroatoms. The second kappa shape index (κ2) is 9.03. The van der Waals surface area contributed by atoms with Crippen molar-refractivity contribution in [3.63, 3.8) is 0 Å². The minimum Gasteiger partial charge on any atom is -0.319 e. The summed E-state index contributed by atoms with van der Waals surface area (Å²) in [7, 11) is 0. The third kappa shape index (κ3) is 6.19. The van der Waals surface area contributed by atoms with E-state index in [1.165, 1.54) is 44.3 Å². The van der Waals surface area contributed by atoms with Gasteiger partial charge in [0.05, 0.1) is 5.70 Å². The molecule has 0 spiro atoms. The first-order chi connectivity index (χ1) is 11.1. The van der Waals surface area contributed by atoms with Crippen LogP contribution in [0.4, 0.5) is 0 Å². The lowest BCUT2D eigenvalue weighted by atomic mass is 9.89. The number of carbonyl (C=O) groups excluding carboxylic acids is 3. The third-order valence-electron chi connectivity index (χ3n) is 4.08. The number of carbonyl (C=O) groups is 3. The van der Waals surface area contributed by atoms with Crippen LogP contribution in [-0.2, 0) is 14.4 Å². The van der Waals surface area contributed by atoms with Crippen LogP contribution in [0.1, 0.15) is 44.9 Å². The molecule has 0 unspecified atom stereocenters. The number of amides is 1. The van der Waals surface area contributed by atoms with Gasteiger partial charge in [-0.1, -0.05) is 49.6 Å². The highest BCUT2D eigenvalue weighted by Crippen LogP contribution is 2.24. The van der Waals surface area contributed by atoms with Gasteiger partial charge in [0.2, 0.25) is 5.91 Å². The lowest BCUT2D eigenvalue weighted by Gasteiger charge is -2.17. The van der Waals surface area contributed by atoms with E-state index >= 15 is 0 Å². The molecule has 4 nitrogen and oxygen atoms in total. The van der Waals surface area contributed by atoms with E-state index in [1.807, 2.05) is 12.2 Å². The zero-order chi connectivity index (χ0) is 16.5. The molecule has 23 heavy (non-hydrogen) atoms. The molecule has 2 aliphatic carbocycles. The van der Waals surface area contributed by atoms with E-state index in [1.54, 1.807) is 12.2 Å². The molecule has 0 heterocycles. The minimum absolute atomic E-state index is 0.0945. The molecule has 2 aliphatic rings. The van der Waals surface area contributed by atoms with Gasteiger partial charge < -0.3 is 5.32 Å². The molecule has 0 aromatic rings. The van der Waals surface area contributed by atoms with Gasteiger partial charge in [-0.05, 0) is 18.8 Å². The molecule has 0 atom stereocenters. The molecule has 1 amide bonds. The summed E-state index contributed by atoms with van der Waals surface area (Å²) in [5.74, 6) is -0.0448. The Labute approximate surface area is 137 Å².